The fraction of sp³-hybridized carbons (Fsp3) is 0.312. The van der Waals surface area contributed by atoms with Crippen molar-refractivity contribution in [1.29, 1.82) is 5.26 Å². The Hall–Kier alpha value is -2.85. The first kappa shape index (κ1) is 15.1. The number of anilines is 2. The number of nitrogens with one attached hydrogen (secondary N) is 1. The van der Waals surface area contributed by atoms with Crippen LogP contribution < -0.4 is 11.1 Å². The van der Waals surface area contributed by atoms with E-state index in [4.69, 9.17) is 15.7 Å². The largest absolute Gasteiger partial charge is 0.381 e. The number of carbonyl (C=O) groups is 1. The van der Waals surface area contributed by atoms with Gasteiger partial charge in [0.05, 0.1) is 23.9 Å². The quantitative estimate of drug-likeness (QED) is 0.897. The van der Waals surface area contributed by atoms with Crippen LogP contribution >= 0.6 is 0 Å². The van der Waals surface area contributed by atoms with E-state index in [1.807, 2.05) is 13.0 Å². The lowest BCUT2D eigenvalue weighted by molar-refractivity contribution is -0.121. The second kappa shape index (κ2) is 6.10. The van der Waals surface area contributed by atoms with E-state index < -0.39 is 0 Å². The Labute approximate surface area is 133 Å². The van der Waals surface area contributed by atoms with Gasteiger partial charge in [0.1, 0.15) is 11.6 Å². The molecular weight excluding hydrogens is 294 g/mol. The molecule has 1 aromatic heterocycles. The SMILES string of the molecule is C[C@@H]1OCC[C@H]1C(=O)Nc1ccc(-n2cc(C#N)c(N)n2)cc1. The van der Waals surface area contributed by atoms with Crippen molar-refractivity contribution in [2.24, 2.45) is 5.92 Å². The van der Waals surface area contributed by atoms with E-state index >= 15 is 0 Å². The van der Waals surface area contributed by atoms with Crippen molar-refractivity contribution in [1.82, 2.24) is 9.78 Å². The number of nitrogens with zero attached hydrogens (tertiary/aromatic N) is 3. The maximum absolute atomic E-state index is 12.2. The fourth-order valence-electron chi connectivity index (χ4n) is 2.61. The summed E-state index contributed by atoms with van der Waals surface area (Å²) in [5.41, 5.74) is 7.44. The summed E-state index contributed by atoms with van der Waals surface area (Å²) in [5, 5.41) is 15.9. The molecule has 2 atom stereocenters. The highest BCUT2D eigenvalue weighted by Crippen LogP contribution is 2.23. The Balaban J connectivity index is 1.72. The zero-order chi connectivity index (χ0) is 16.4. The molecule has 1 fully saturated rings. The second-order valence-electron chi connectivity index (χ2n) is 5.49. The second-order valence-corrected chi connectivity index (χ2v) is 5.49. The third-order valence-corrected chi connectivity index (χ3v) is 3.98. The molecule has 1 aromatic carbocycles. The summed E-state index contributed by atoms with van der Waals surface area (Å²) < 4.78 is 6.95. The molecule has 3 N–H and O–H groups in total. The van der Waals surface area contributed by atoms with Crippen molar-refractivity contribution in [2.75, 3.05) is 17.7 Å². The molecule has 23 heavy (non-hydrogen) atoms. The third-order valence-electron chi connectivity index (χ3n) is 3.98. The molecule has 0 unspecified atom stereocenters. The van der Waals surface area contributed by atoms with Gasteiger partial charge in [0.15, 0.2) is 5.82 Å². The summed E-state index contributed by atoms with van der Waals surface area (Å²) in [5.74, 6) is 0.0525. The Kier molecular flexibility index (Phi) is 4.00. The number of benzene rings is 1. The summed E-state index contributed by atoms with van der Waals surface area (Å²) in [6, 6.07) is 9.17. The first-order valence-electron chi connectivity index (χ1n) is 7.36. The molecule has 7 heteroatoms. The van der Waals surface area contributed by atoms with Crippen LogP contribution in [0.5, 0.6) is 0 Å². The average molecular weight is 311 g/mol. The minimum Gasteiger partial charge on any atom is -0.381 e. The van der Waals surface area contributed by atoms with Crippen LogP contribution in [0.1, 0.15) is 18.9 Å². The van der Waals surface area contributed by atoms with Gasteiger partial charge in [-0.25, -0.2) is 4.68 Å². The highest BCUT2D eigenvalue weighted by Gasteiger charge is 2.30. The molecule has 0 saturated carbocycles. The summed E-state index contributed by atoms with van der Waals surface area (Å²) >= 11 is 0. The Morgan fingerprint density at radius 2 is 2.22 bits per heavy atom. The summed E-state index contributed by atoms with van der Waals surface area (Å²) in [7, 11) is 0. The molecule has 118 valence electrons. The molecule has 1 amide bonds. The van der Waals surface area contributed by atoms with Crippen LogP contribution in [0, 0.1) is 17.2 Å². The predicted molar refractivity (Wildman–Crippen MR) is 84.8 cm³/mol. The van der Waals surface area contributed by atoms with E-state index in [1.165, 1.54) is 4.68 Å². The zero-order valence-electron chi connectivity index (χ0n) is 12.7. The molecule has 1 aliphatic rings. The minimum atomic E-state index is -0.112. The number of ether oxygens (including phenoxy) is 1. The van der Waals surface area contributed by atoms with Gasteiger partial charge in [-0.2, -0.15) is 5.26 Å². The van der Waals surface area contributed by atoms with E-state index in [-0.39, 0.29) is 23.7 Å². The molecule has 2 aromatic rings. The first-order valence-corrected chi connectivity index (χ1v) is 7.36. The third kappa shape index (κ3) is 3.03. The molecule has 1 saturated heterocycles. The molecular formula is C16H17N5O2. The molecule has 1 aliphatic heterocycles. The molecule has 0 spiro atoms. The van der Waals surface area contributed by atoms with Gasteiger partial charge in [-0.05, 0) is 37.6 Å². The number of aromatic nitrogens is 2. The highest BCUT2D eigenvalue weighted by molar-refractivity contribution is 5.93. The van der Waals surface area contributed by atoms with Gasteiger partial charge in [-0.1, -0.05) is 0 Å². The Morgan fingerprint density at radius 1 is 1.48 bits per heavy atom. The van der Waals surface area contributed by atoms with E-state index in [1.54, 1.807) is 30.5 Å². The van der Waals surface area contributed by atoms with Gasteiger partial charge in [-0.15, -0.1) is 5.10 Å². The van der Waals surface area contributed by atoms with E-state index in [0.29, 0.717) is 17.9 Å². The lowest BCUT2D eigenvalue weighted by atomic mass is 10.0. The van der Waals surface area contributed by atoms with Crippen LogP contribution in [-0.2, 0) is 9.53 Å². The van der Waals surface area contributed by atoms with E-state index in [0.717, 1.165) is 12.1 Å². The van der Waals surface area contributed by atoms with Gasteiger partial charge in [-0.3, -0.25) is 4.79 Å². The van der Waals surface area contributed by atoms with Crippen molar-refractivity contribution in [3.63, 3.8) is 0 Å². The molecule has 2 heterocycles. The topological polar surface area (TPSA) is 106 Å². The fourth-order valence-corrected chi connectivity index (χ4v) is 2.61. The van der Waals surface area contributed by atoms with Crippen molar-refractivity contribution in [3.8, 4) is 11.8 Å². The molecule has 0 aliphatic carbocycles. The summed E-state index contributed by atoms with van der Waals surface area (Å²) in [6.45, 7) is 2.54. The summed E-state index contributed by atoms with van der Waals surface area (Å²) in [4.78, 5) is 12.2. The van der Waals surface area contributed by atoms with Gasteiger partial charge in [0.2, 0.25) is 5.91 Å². The van der Waals surface area contributed by atoms with Crippen molar-refractivity contribution < 1.29 is 9.53 Å². The average Bonchev–Trinajstić information content (AvgIpc) is 3.13. The van der Waals surface area contributed by atoms with Crippen molar-refractivity contribution in [3.05, 3.63) is 36.0 Å². The number of amides is 1. The van der Waals surface area contributed by atoms with Gasteiger partial charge < -0.3 is 15.8 Å². The monoisotopic (exact) mass is 311 g/mol. The number of hydrogen-bond acceptors (Lipinski definition) is 5. The normalized spacial score (nSPS) is 20.2. The molecule has 3 rings (SSSR count). The maximum Gasteiger partial charge on any atom is 0.230 e. The predicted octanol–water partition coefficient (Wildman–Crippen LogP) is 1.69. The maximum atomic E-state index is 12.2. The molecule has 0 radical (unpaired) electrons. The van der Waals surface area contributed by atoms with E-state index in [2.05, 4.69) is 10.4 Å². The van der Waals surface area contributed by atoms with Crippen LogP contribution in [0.4, 0.5) is 11.5 Å². The van der Waals surface area contributed by atoms with Gasteiger partial charge in [0, 0.05) is 12.3 Å². The zero-order valence-corrected chi connectivity index (χ0v) is 12.7. The lowest BCUT2D eigenvalue weighted by Crippen LogP contribution is -2.27. The number of nitrogen functional groups attached to an aromatic ring is 1. The standard InChI is InChI=1S/C16H17N5O2/c1-10-14(6-7-23-10)16(22)19-12-2-4-13(5-3-12)21-9-11(8-17)15(18)20-21/h2-5,9-10,14H,6-7H2,1H3,(H2,18,20)(H,19,22)/t10-,14+/m0/s1. The van der Waals surface area contributed by atoms with E-state index in [9.17, 15) is 4.79 Å². The first-order chi connectivity index (χ1) is 11.1. The van der Waals surface area contributed by atoms with Crippen LogP contribution in [-0.4, -0.2) is 28.4 Å². The smallest absolute Gasteiger partial charge is 0.230 e. The number of nitriles is 1. The Bertz CT molecular complexity index is 760. The van der Waals surface area contributed by atoms with Crippen LogP contribution in [0.2, 0.25) is 0 Å². The lowest BCUT2D eigenvalue weighted by Gasteiger charge is -2.14. The minimum absolute atomic E-state index is 0.0298. The van der Waals surface area contributed by atoms with Crippen LogP contribution in [0.15, 0.2) is 30.5 Å². The molecule has 7 nitrogen and oxygen atoms in total. The van der Waals surface area contributed by atoms with Crippen LogP contribution in [0.25, 0.3) is 5.69 Å². The van der Waals surface area contributed by atoms with Gasteiger partial charge >= 0.3 is 0 Å². The Morgan fingerprint density at radius 3 is 2.78 bits per heavy atom. The number of nitrogens with two attached hydrogens (primary N) is 1. The number of carbonyl (C=O) groups excluding carboxylic acids is 1. The van der Waals surface area contributed by atoms with Crippen LogP contribution in [0.3, 0.4) is 0 Å². The summed E-state index contributed by atoms with van der Waals surface area (Å²) in [6.07, 6.45) is 2.26. The highest BCUT2D eigenvalue weighted by atomic mass is 16.5. The number of hydrogen-bond donors (Lipinski definition) is 2. The van der Waals surface area contributed by atoms with Crippen molar-refractivity contribution in [2.45, 2.75) is 19.4 Å². The number of rotatable bonds is 3. The van der Waals surface area contributed by atoms with Crippen molar-refractivity contribution >= 4 is 17.4 Å². The van der Waals surface area contributed by atoms with Gasteiger partial charge in [0.25, 0.3) is 0 Å². The molecule has 0 bridgehead atoms.